The van der Waals surface area contributed by atoms with E-state index in [9.17, 15) is 4.79 Å². The van der Waals surface area contributed by atoms with E-state index in [2.05, 4.69) is 31.1 Å². The molecule has 7 nitrogen and oxygen atoms in total. The first-order valence-corrected chi connectivity index (χ1v) is 9.37. The van der Waals surface area contributed by atoms with E-state index in [1.165, 1.54) is 0 Å². The minimum atomic E-state index is -0.00159. The molecule has 140 valence electrons. The zero-order valence-electron chi connectivity index (χ0n) is 15.5. The summed E-state index contributed by atoms with van der Waals surface area (Å²) < 4.78 is 1.73. The van der Waals surface area contributed by atoms with Crippen LogP contribution in [0.3, 0.4) is 0 Å². The van der Waals surface area contributed by atoms with Gasteiger partial charge in [-0.15, -0.1) is 0 Å². The van der Waals surface area contributed by atoms with Gasteiger partial charge in [0.1, 0.15) is 0 Å². The summed E-state index contributed by atoms with van der Waals surface area (Å²) in [5, 5.41) is 7.31. The Kier molecular flexibility index (Phi) is 5.11. The summed E-state index contributed by atoms with van der Waals surface area (Å²) in [5.41, 5.74) is 3.73. The van der Waals surface area contributed by atoms with Gasteiger partial charge in [0, 0.05) is 42.8 Å². The van der Waals surface area contributed by atoms with E-state index in [1.54, 1.807) is 29.4 Å². The highest BCUT2D eigenvalue weighted by atomic mass is 16.1. The van der Waals surface area contributed by atoms with Crippen LogP contribution in [0, 0.1) is 12.8 Å². The van der Waals surface area contributed by atoms with E-state index in [0.717, 1.165) is 56.0 Å². The van der Waals surface area contributed by atoms with Crippen molar-refractivity contribution in [2.45, 2.75) is 32.9 Å². The Balaban J connectivity index is 1.34. The molecule has 1 aliphatic heterocycles. The Morgan fingerprint density at radius 2 is 2.11 bits per heavy atom. The molecule has 0 atom stereocenters. The molecule has 1 saturated heterocycles. The number of H-pyrrole nitrogens is 1. The lowest BCUT2D eigenvalue weighted by Crippen LogP contribution is -2.36. The molecule has 4 heterocycles. The Hall–Kier alpha value is -2.80. The minimum Gasteiger partial charge on any atom is -0.299 e. The summed E-state index contributed by atoms with van der Waals surface area (Å²) in [5.74, 6) is 0.505. The number of nitrogens with one attached hydrogen (secondary N) is 1. The van der Waals surface area contributed by atoms with Gasteiger partial charge in [-0.05, 0) is 57.0 Å². The SMILES string of the molecule is Cc1cc(CN2CCC(Cn3cnc(-c4cccnc4)cc3=O)CC2)n[nH]1. The first kappa shape index (κ1) is 17.6. The highest BCUT2D eigenvalue weighted by Gasteiger charge is 2.20. The second-order valence-electron chi connectivity index (χ2n) is 7.27. The number of nitrogens with zero attached hydrogens (tertiary/aromatic N) is 5. The first-order chi connectivity index (χ1) is 13.2. The molecule has 0 bridgehead atoms. The largest absolute Gasteiger partial charge is 0.299 e. The molecule has 0 radical (unpaired) electrons. The molecule has 4 rings (SSSR count). The molecular formula is C20H24N6O. The minimum absolute atomic E-state index is 0.00159. The van der Waals surface area contributed by atoms with Gasteiger partial charge < -0.3 is 0 Å². The molecule has 0 amide bonds. The van der Waals surface area contributed by atoms with Gasteiger partial charge in [0.05, 0.1) is 17.7 Å². The predicted molar refractivity (Wildman–Crippen MR) is 103 cm³/mol. The number of likely N-dealkylation sites (tertiary alicyclic amines) is 1. The number of aromatic nitrogens is 5. The van der Waals surface area contributed by atoms with Crippen molar-refractivity contribution in [2.75, 3.05) is 13.1 Å². The number of piperidine rings is 1. The van der Waals surface area contributed by atoms with Crippen LogP contribution < -0.4 is 5.56 Å². The zero-order chi connectivity index (χ0) is 18.6. The molecule has 3 aromatic rings. The van der Waals surface area contributed by atoms with Crippen LogP contribution in [0.25, 0.3) is 11.3 Å². The summed E-state index contributed by atoms with van der Waals surface area (Å²) in [6.07, 6.45) is 7.27. The van der Waals surface area contributed by atoms with Crippen LogP contribution in [0.5, 0.6) is 0 Å². The molecule has 1 aliphatic rings. The average molecular weight is 364 g/mol. The number of aromatic amines is 1. The molecule has 7 heteroatoms. The molecule has 0 aromatic carbocycles. The van der Waals surface area contributed by atoms with Crippen LogP contribution >= 0.6 is 0 Å². The molecule has 1 N–H and O–H groups in total. The normalized spacial score (nSPS) is 15.9. The van der Waals surface area contributed by atoms with Crippen LogP contribution in [0.1, 0.15) is 24.2 Å². The monoisotopic (exact) mass is 364 g/mol. The maximum atomic E-state index is 12.5. The van der Waals surface area contributed by atoms with Crippen molar-refractivity contribution >= 4 is 0 Å². The van der Waals surface area contributed by atoms with E-state index in [0.29, 0.717) is 11.6 Å². The highest BCUT2D eigenvalue weighted by molar-refractivity contribution is 5.56. The fraction of sp³-hybridized carbons (Fsp3) is 0.400. The fourth-order valence-electron chi connectivity index (χ4n) is 3.63. The molecule has 3 aromatic heterocycles. The quantitative estimate of drug-likeness (QED) is 0.751. The third-order valence-electron chi connectivity index (χ3n) is 5.14. The van der Waals surface area contributed by atoms with Crippen LogP contribution in [-0.2, 0) is 13.1 Å². The molecule has 0 saturated carbocycles. The Morgan fingerprint density at radius 1 is 1.26 bits per heavy atom. The second-order valence-corrected chi connectivity index (χ2v) is 7.27. The smallest absolute Gasteiger partial charge is 0.253 e. The van der Waals surface area contributed by atoms with Gasteiger partial charge in [0.25, 0.3) is 5.56 Å². The van der Waals surface area contributed by atoms with E-state index >= 15 is 0 Å². The third kappa shape index (κ3) is 4.31. The first-order valence-electron chi connectivity index (χ1n) is 9.37. The van der Waals surface area contributed by atoms with Crippen LogP contribution in [-0.4, -0.2) is 42.7 Å². The lowest BCUT2D eigenvalue weighted by atomic mass is 9.96. The van der Waals surface area contributed by atoms with Gasteiger partial charge in [0.2, 0.25) is 0 Å². The number of rotatable bonds is 5. The van der Waals surface area contributed by atoms with Crippen molar-refractivity contribution in [1.29, 1.82) is 0 Å². The van der Waals surface area contributed by atoms with Gasteiger partial charge in [-0.1, -0.05) is 0 Å². The van der Waals surface area contributed by atoms with E-state index in [1.807, 2.05) is 19.1 Å². The Morgan fingerprint density at radius 3 is 2.78 bits per heavy atom. The zero-order valence-corrected chi connectivity index (χ0v) is 15.5. The summed E-state index contributed by atoms with van der Waals surface area (Å²) >= 11 is 0. The Bertz CT molecular complexity index is 940. The molecule has 0 aliphatic carbocycles. The average Bonchev–Trinajstić information content (AvgIpc) is 3.10. The van der Waals surface area contributed by atoms with Gasteiger partial charge in [0.15, 0.2) is 0 Å². The van der Waals surface area contributed by atoms with Crippen LogP contribution in [0.4, 0.5) is 0 Å². The van der Waals surface area contributed by atoms with Gasteiger partial charge in [-0.25, -0.2) is 4.98 Å². The molecule has 1 fully saturated rings. The second kappa shape index (κ2) is 7.84. The van der Waals surface area contributed by atoms with Crippen LogP contribution in [0.2, 0.25) is 0 Å². The van der Waals surface area contributed by atoms with Crippen LogP contribution in [0.15, 0.2) is 47.8 Å². The maximum absolute atomic E-state index is 12.5. The molecule has 0 unspecified atom stereocenters. The molecule has 0 spiro atoms. The summed E-state index contributed by atoms with van der Waals surface area (Å²) in [4.78, 5) is 23.4. The Labute approximate surface area is 158 Å². The number of hydrogen-bond donors (Lipinski definition) is 1. The van der Waals surface area contributed by atoms with Crippen molar-refractivity contribution in [3.8, 4) is 11.3 Å². The van der Waals surface area contributed by atoms with Crippen molar-refractivity contribution in [2.24, 2.45) is 5.92 Å². The number of aryl methyl sites for hydroxylation is 1. The lowest BCUT2D eigenvalue weighted by Gasteiger charge is -2.31. The summed E-state index contributed by atoms with van der Waals surface area (Å²) in [6, 6.07) is 7.46. The maximum Gasteiger partial charge on any atom is 0.253 e. The van der Waals surface area contributed by atoms with E-state index < -0.39 is 0 Å². The number of hydrogen-bond acceptors (Lipinski definition) is 5. The van der Waals surface area contributed by atoms with E-state index in [4.69, 9.17) is 0 Å². The third-order valence-corrected chi connectivity index (χ3v) is 5.14. The highest BCUT2D eigenvalue weighted by Crippen LogP contribution is 2.20. The predicted octanol–water partition coefficient (Wildman–Crippen LogP) is 2.25. The van der Waals surface area contributed by atoms with E-state index in [-0.39, 0.29) is 5.56 Å². The van der Waals surface area contributed by atoms with Gasteiger partial charge >= 0.3 is 0 Å². The number of pyridine rings is 1. The standard InChI is InChI=1S/C20H24N6O/c1-15-9-18(24-23-15)13-25-7-4-16(5-8-25)12-26-14-22-19(10-20(26)27)17-3-2-6-21-11-17/h2-3,6,9-11,14,16H,4-5,7-8,12-13H2,1H3,(H,23,24). The van der Waals surface area contributed by atoms with Crippen molar-refractivity contribution in [3.63, 3.8) is 0 Å². The molecular weight excluding hydrogens is 340 g/mol. The van der Waals surface area contributed by atoms with Crippen molar-refractivity contribution in [3.05, 3.63) is 64.7 Å². The fourth-order valence-corrected chi connectivity index (χ4v) is 3.63. The molecule has 27 heavy (non-hydrogen) atoms. The van der Waals surface area contributed by atoms with Gasteiger partial charge in [-0.2, -0.15) is 5.10 Å². The van der Waals surface area contributed by atoms with Crippen molar-refractivity contribution < 1.29 is 0 Å². The summed E-state index contributed by atoms with van der Waals surface area (Å²) in [7, 11) is 0. The summed E-state index contributed by atoms with van der Waals surface area (Å²) in [6.45, 7) is 5.71. The van der Waals surface area contributed by atoms with Gasteiger partial charge in [-0.3, -0.25) is 24.3 Å². The van der Waals surface area contributed by atoms with Crippen molar-refractivity contribution in [1.82, 2.24) is 29.6 Å². The topological polar surface area (TPSA) is 79.7 Å². The lowest BCUT2D eigenvalue weighted by molar-refractivity contribution is 0.164.